The second-order valence-corrected chi connectivity index (χ2v) is 6.06. The second kappa shape index (κ2) is 8.51. The number of allylic oxidation sites excluding steroid dienone is 1. The Bertz CT molecular complexity index is 792. The Balaban J connectivity index is 1.44. The standard InChI is InChI=1S/C21H22N2O2/c24-15-19(25)9-7-16-3-5-17(6-4-16)14-22-13-11-18-8-10-21-20(18)2-1-12-23-21/h1-9,12,22,24H,10-11,13-15H2/b9-7+. The first kappa shape index (κ1) is 17.3. The van der Waals surface area contributed by atoms with Gasteiger partial charge in [-0.3, -0.25) is 9.78 Å². The topological polar surface area (TPSA) is 62.2 Å². The van der Waals surface area contributed by atoms with Crippen LogP contribution in [0.3, 0.4) is 0 Å². The number of carbonyl (C=O) groups is 1. The lowest BCUT2D eigenvalue weighted by Crippen LogP contribution is -2.14. The van der Waals surface area contributed by atoms with E-state index < -0.39 is 6.61 Å². The number of nitrogens with one attached hydrogen (secondary N) is 1. The number of hydrogen-bond acceptors (Lipinski definition) is 4. The highest BCUT2D eigenvalue weighted by atomic mass is 16.3. The molecule has 1 aliphatic rings. The summed E-state index contributed by atoms with van der Waals surface area (Å²) in [6.07, 6.45) is 9.19. The van der Waals surface area contributed by atoms with Crippen LogP contribution in [-0.2, 0) is 17.8 Å². The number of carbonyl (C=O) groups excluding carboxylic acids is 1. The number of aliphatic hydroxyl groups excluding tert-OH is 1. The monoisotopic (exact) mass is 334 g/mol. The summed E-state index contributed by atoms with van der Waals surface area (Å²) < 4.78 is 0. The van der Waals surface area contributed by atoms with Crippen LogP contribution in [0, 0.1) is 0 Å². The van der Waals surface area contributed by atoms with E-state index in [1.165, 1.54) is 28.5 Å². The number of rotatable bonds is 8. The van der Waals surface area contributed by atoms with Crippen LogP contribution in [0.1, 0.15) is 28.8 Å². The summed E-state index contributed by atoms with van der Waals surface area (Å²) in [7, 11) is 0. The summed E-state index contributed by atoms with van der Waals surface area (Å²) >= 11 is 0. The molecule has 1 aromatic carbocycles. The molecule has 25 heavy (non-hydrogen) atoms. The Morgan fingerprint density at radius 1 is 1.24 bits per heavy atom. The molecular weight excluding hydrogens is 312 g/mol. The molecule has 4 nitrogen and oxygen atoms in total. The van der Waals surface area contributed by atoms with Crippen LogP contribution in [0.2, 0.25) is 0 Å². The van der Waals surface area contributed by atoms with Gasteiger partial charge >= 0.3 is 0 Å². The van der Waals surface area contributed by atoms with Gasteiger partial charge in [0.05, 0.1) is 5.69 Å². The predicted octanol–water partition coefficient (Wildman–Crippen LogP) is 2.78. The van der Waals surface area contributed by atoms with Gasteiger partial charge in [0.15, 0.2) is 5.78 Å². The van der Waals surface area contributed by atoms with Crippen molar-refractivity contribution in [2.45, 2.75) is 19.4 Å². The molecule has 1 heterocycles. The second-order valence-electron chi connectivity index (χ2n) is 6.06. The van der Waals surface area contributed by atoms with E-state index in [2.05, 4.69) is 22.4 Å². The maximum atomic E-state index is 11.1. The van der Waals surface area contributed by atoms with Gasteiger partial charge in [-0.1, -0.05) is 42.5 Å². The van der Waals surface area contributed by atoms with Gasteiger partial charge in [-0.15, -0.1) is 0 Å². The van der Waals surface area contributed by atoms with E-state index >= 15 is 0 Å². The summed E-state index contributed by atoms with van der Waals surface area (Å²) in [4.78, 5) is 15.5. The van der Waals surface area contributed by atoms with Crippen molar-refractivity contribution in [2.75, 3.05) is 13.2 Å². The van der Waals surface area contributed by atoms with Crippen LogP contribution < -0.4 is 5.32 Å². The molecule has 0 spiro atoms. The number of hydrogen-bond donors (Lipinski definition) is 2. The van der Waals surface area contributed by atoms with Crippen molar-refractivity contribution < 1.29 is 9.90 Å². The number of ketones is 1. The van der Waals surface area contributed by atoms with Gasteiger partial charge in [-0.25, -0.2) is 0 Å². The van der Waals surface area contributed by atoms with Crippen LogP contribution in [0.25, 0.3) is 11.6 Å². The molecule has 0 aliphatic heterocycles. The van der Waals surface area contributed by atoms with Gasteiger partial charge < -0.3 is 10.4 Å². The molecular formula is C21H22N2O2. The lowest BCUT2D eigenvalue weighted by molar-refractivity contribution is -0.117. The van der Waals surface area contributed by atoms with E-state index in [1.54, 1.807) is 6.08 Å². The van der Waals surface area contributed by atoms with Crippen LogP contribution >= 0.6 is 0 Å². The number of pyridine rings is 1. The number of fused-ring (bicyclic) bond motifs is 1. The smallest absolute Gasteiger partial charge is 0.181 e. The van der Waals surface area contributed by atoms with E-state index in [9.17, 15) is 4.79 Å². The molecule has 0 radical (unpaired) electrons. The summed E-state index contributed by atoms with van der Waals surface area (Å²) in [5, 5.41) is 12.2. The van der Waals surface area contributed by atoms with E-state index in [-0.39, 0.29) is 5.78 Å². The normalized spacial score (nSPS) is 13.1. The number of aliphatic hydroxyl groups is 1. The SMILES string of the molecule is O=C(/C=C/c1ccc(CNCCC2=CCc3ncccc32)cc1)CO. The highest BCUT2D eigenvalue weighted by Crippen LogP contribution is 2.27. The summed E-state index contributed by atoms with van der Waals surface area (Å²) in [5.74, 6) is -0.288. The van der Waals surface area contributed by atoms with Crippen LogP contribution in [-0.4, -0.2) is 29.0 Å². The minimum absolute atomic E-state index is 0.288. The maximum Gasteiger partial charge on any atom is 0.181 e. The molecule has 128 valence electrons. The molecule has 2 aromatic rings. The van der Waals surface area contributed by atoms with Gasteiger partial charge in [0.25, 0.3) is 0 Å². The first-order chi connectivity index (χ1) is 12.3. The number of nitrogens with zero attached hydrogens (tertiary/aromatic N) is 1. The fourth-order valence-electron chi connectivity index (χ4n) is 2.90. The highest BCUT2D eigenvalue weighted by molar-refractivity contribution is 5.94. The van der Waals surface area contributed by atoms with Crippen LogP contribution in [0.15, 0.2) is 54.7 Å². The van der Waals surface area contributed by atoms with Crippen molar-refractivity contribution in [1.29, 1.82) is 0 Å². The van der Waals surface area contributed by atoms with E-state index in [0.717, 1.165) is 31.5 Å². The van der Waals surface area contributed by atoms with Crippen molar-refractivity contribution in [3.05, 3.63) is 77.1 Å². The van der Waals surface area contributed by atoms with Crippen molar-refractivity contribution in [2.24, 2.45) is 0 Å². The lowest BCUT2D eigenvalue weighted by atomic mass is 10.1. The average Bonchev–Trinajstić information content (AvgIpc) is 3.07. The molecule has 0 unspecified atom stereocenters. The third kappa shape index (κ3) is 4.72. The van der Waals surface area contributed by atoms with Gasteiger partial charge in [0, 0.05) is 19.2 Å². The van der Waals surface area contributed by atoms with Crippen molar-refractivity contribution in [3.63, 3.8) is 0 Å². The lowest BCUT2D eigenvalue weighted by Gasteiger charge is -2.07. The van der Waals surface area contributed by atoms with Crippen LogP contribution in [0.5, 0.6) is 0 Å². The highest BCUT2D eigenvalue weighted by Gasteiger charge is 2.13. The fraction of sp³-hybridized carbons (Fsp3) is 0.238. The molecule has 1 aromatic heterocycles. The van der Waals surface area contributed by atoms with Gasteiger partial charge in [-0.2, -0.15) is 0 Å². The van der Waals surface area contributed by atoms with Crippen LogP contribution in [0.4, 0.5) is 0 Å². The molecule has 1 aliphatic carbocycles. The van der Waals surface area contributed by atoms with Crippen molar-refractivity contribution in [3.8, 4) is 0 Å². The predicted molar refractivity (Wildman–Crippen MR) is 99.8 cm³/mol. The zero-order chi connectivity index (χ0) is 17.5. The molecule has 0 atom stereocenters. The van der Waals surface area contributed by atoms with Crippen molar-refractivity contribution in [1.82, 2.24) is 10.3 Å². The van der Waals surface area contributed by atoms with E-state index in [0.29, 0.717) is 0 Å². The molecule has 0 bridgehead atoms. The molecule has 0 fully saturated rings. The Hall–Kier alpha value is -2.56. The molecule has 4 heteroatoms. The quantitative estimate of drug-likeness (QED) is 0.576. The van der Waals surface area contributed by atoms with Gasteiger partial charge in [0.1, 0.15) is 6.61 Å². The Kier molecular flexibility index (Phi) is 5.88. The van der Waals surface area contributed by atoms with E-state index in [4.69, 9.17) is 5.11 Å². The zero-order valence-electron chi connectivity index (χ0n) is 14.1. The molecule has 0 saturated carbocycles. The van der Waals surface area contributed by atoms with Crippen molar-refractivity contribution >= 4 is 17.4 Å². The third-order valence-corrected chi connectivity index (χ3v) is 4.28. The third-order valence-electron chi connectivity index (χ3n) is 4.28. The first-order valence-electron chi connectivity index (χ1n) is 8.51. The Morgan fingerprint density at radius 3 is 2.88 bits per heavy atom. The number of aromatic nitrogens is 1. The summed E-state index contributed by atoms with van der Waals surface area (Å²) in [5.41, 5.74) is 6.00. The minimum atomic E-state index is -0.449. The fourth-order valence-corrected chi connectivity index (χ4v) is 2.90. The average molecular weight is 334 g/mol. The molecule has 0 saturated heterocycles. The number of benzene rings is 1. The van der Waals surface area contributed by atoms with E-state index in [1.807, 2.05) is 36.5 Å². The molecule has 0 amide bonds. The Morgan fingerprint density at radius 2 is 2.08 bits per heavy atom. The minimum Gasteiger partial charge on any atom is -0.388 e. The largest absolute Gasteiger partial charge is 0.388 e. The summed E-state index contributed by atoms with van der Waals surface area (Å²) in [6, 6.07) is 12.2. The molecule has 3 rings (SSSR count). The zero-order valence-corrected chi connectivity index (χ0v) is 14.1. The molecule has 2 N–H and O–H groups in total. The summed E-state index contributed by atoms with van der Waals surface area (Å²) in [6.45, 7) is 1.29. The maximum absolute atomic E-state index is 11.1. The van der Waals surface area contributed by atoms with Gasteiger partial charge in [-0.05, 0) is 47.4 Å². The first-order valence-corrected chi connectivity index (χ1v) is 8.51. The Labute approximate surface area is 147 Å². The van der Waals surface area contributed by atoms with Gasteiger partial charge in [0.2, 0.25) is 0 Å².